The maximum Gasteiger partial charge on any atom is 0.304 e. The van der Waals surface area contributed by atoms with Gasteiger partial charge in [-0.2, -0.15) is 0 Å². The summed E-state index contributed by atoms with van der Waals surface area (Å²) in [6.45, 7) is 2.07. The first kappa shape index (κ1) is 17.9. The maximum atomic E-state index is 11.6. The van der Waals surface area contributed by atoms with Crippen LogP contribution in [0.2, 0.25) is 0 Å². The number of carboxylic acid groups (broad SMARTS) is 1. The van der Waals surface area contributed by atoms with Crippen LogP contribution in [-0.2, 0) is 10.2 Å². The Kier molecular flexibility index (Phi) is 5.85. The third-order valence-electron chi connectivity index (χ3n) is 4.41. The van der Waals surface area contributed by atoms with Crippen molar-refractivity contribution < 1.29 is 19.4 Å². The van der Waals surface area contributed by atoms with Crippen LogP contribution in [0.15, 0.2) is 48.5 Å². The average Bonchev–Trinajstić information content (AvgIpc) is 2.61. The van der Waals surface area contributed by atoms with Crippen molar-refractivity contribution in [3.63, 3.8) is 0 Å². The van der Waals surface area contributed by atoms with Crippen molar-refractivity contribution in [3.05, 3.63) is 59.7 Å². The molecule has 0 aromatic heterocycles. The van der Waals surface area contributed by atoms with E-state index in [0.717, 1.165) is 35.5 Å². The predicted molar refractivity (Wildman–Crippen MR) is 93.9 cm³/mol. The molecule has 0 radical (unpaired) electrons. The lowest BCUT2D eigenvalue weighted by molar-refractivity contribution is -0.138. The van der Waals surface area contributed by atoms with Crippen LogP contribution < -0.4 is 9.47 Å². The summed E-state index contributed by atoms with van der Waals surface area (Å²) in [5.41, 5.74) is 1.40. The molecule has 0 unspecified atom stereocenters. The predicted octanol–water partition coefficient (Wildman–Crippen LogP) is 4.26. The fourth-order valence-electron chi connectivity index (χ4n) is 3.25. The number of benzene rings is 2. The van der Waals surface area contributed by atoms with Gasteiger partial charge in [-0.15, -0.1) is 0 Å². The summed E-state index contributed by atoms with van der Waals surface area (Å²) in [4.78, 5) is 11.6. The average molecular weight is 328 g/mol. The third kappa shape index (κ3) is 3.70. The van der Waals surface area contributed by atoms with Gasteiger partial charge in [0.25, 0.3) is 0 Å². The molecule has 2 aromatic carbocycles. The van der Waals surface area contributed by atoms with E-state index in [4.69, 9.17) is 9.47 Å². The van der Waals surface area contributed by atoms with Gasteiger partial charge in [0.1, 0.15) is 11.5 Å². The van der Waals surface area contributed by atoms with Gasteiger partial charge in [-0.3, -0.25) is 4.79 Å². The number of carboxylic acids is 1. The Morgan fingerprint density at radius 2 is 1.33 bits per heavy atom. The Hall–Kier alpha value is -2.49. The zero-order chi connectivity index (χ0) is 17.6. The van der Waals surface area contributed by atoms with Gasteiger partial charge in [-0.05, 0) is 41.8 Å². The summed E-state index contributed by atoms with van der Waals surface area (Å²) >= 11 is 0. The summed E-state index contributed by atoms with van der Waals surface area (Å²) < 4.78 is 10.5. The highest BCUT2D eigenvalue weighted by atomic mass is 16.5. The lowest BCUT2D eigenvalue weighted by Crippen LogP contribution is -2.31. The monoisotopic (exact) mass is 328 g/mol. The molecule has 0 heterocycles. The zero-order valence-corrected chi connectivity index (χ0v) is 14.4. The molecule has 2 rings (SSSR count). The van der Waals surface area contributed by atoms with Gasteiger partial charge in [0.05, 0.1) is 20.6 Å². The van der Waals surface area contributed by atoms with E-state index in [1.807, 2.05) is 48.5 Å². The Morgan fingerprint density at radius 3 is 1.62 bits per heavy atom. The maximum absolute atomic E-state index is 11.6. The van der Waals surface area contributed by atoms with Crippen molar-refractivity contribution in [1.82, 2.24) is 0 Å². The van der Waals surface area contributed by atoms with Gasteiger partial charge >= 0.3 is 5.97 Å². The molecule has 0 spiro atoms. The van der Waals surface area contributed by atoms with Crippen LogP contribution in [0, 0.1) is 0 Å². The van der Waals surface area contributed by atoms with Crippen LogP contribution in [0.1, 0.15) is 37.3 Å². The van der Waals surface area contributed by atoms with Crippen LogP contribution in [0.5, 0.6) is 11.5 Å². The molecule has 0 saturated heterocycles. The molecular weight excluding hydrogens is 304 g/mol. The van der Waals surface area contributed by atoms with Crippen molar-refractivity contribution in [2.75, 3.05) is 14.2 Å². The number of methoxy groups -OCH3 is 2. The quantitative estimate of drug-likeness (QED) is 0.786. The number of rotatable bonds is 8. The standard InChI is InChI=1S/C20H24O4/c1-4-13-20(14-19(21)22,15-5-9-17(23-2)10-6-15)16-7-11-18(24-3)12-8-16/h5-12H,4,13-14H2,1-3H3,(H,21,22). The molecule has 128 valence electrons. The lowest BCUT2D eigenvalue weighted by atomic mass is 9.69. The molecule has 0 saturated carbocycles. The molecule has 0 aliphatic rings. The van der Waals surface area contributed by atoms with Crippen molar-refractivity contribution in [1.29, 1.82) is 0 Å². The molecule has 0 fully saturated rings. The van der Waals surface area contributed by atoms with Crippen LogP contribution in [0.25, 0.3) is 0 Å². The molecule has 0 bridgehead atoms. The minimum absolute atomic E-state index is 0.0412. The Labute approximate surface area is 143 Å². The molecule has 0 amide bonds. The second-order valence-corrected chi connectivity index (χ2v) is 5.86. The summed E-state index contributed by atoms with van der Waals surface area (Å²) in [6.07, 6.45) is 1.67. The molecule has 0 aliphatic heterocycles. The van der Waals surface area contributed by atoms with Crippen LogP contribution in [-0.4, -0.2) is 25.3 Å². The first-order valence-electron chi connectivity index (χ1n) is 8.06. The smallest absolute Gasteiger partial charge is 0.304 e. The van der Waals surface area contributed by atoms with E-state index in [1.165, 1.54) is 0 Å². The van der Waals surface area contributed by atoms with Gasteiger partial charge in [0.2, 0.25) is 0 Å². The third-order valence-corrected chi connectivity index (χ3v) is 4.41. The first-order valence-corrected chi connectivity index (χ1v) is 8.06. The van der Waals surface area contributed by atoms with E-state index in [9.17, 15) is 9.90 Å². The van der Waals surface area contributed by atoms with Crippen molar-refractivity contribution in [2.24, 2.45) is 0 Å². The summed E-state index contributed by atoms with van der Waals surface area (Å²) in [5.74, 6) is 0.707. The van der Waals surface area contributed by atoms with Gasteiger partial charge in [-0.25, -0.2) is 0 Å². The van der Waals surface area contributed by atoms with E-state index in [0.29, 0.717) is 0 Å². The van der Waals surface area contributed by atoms with E-state index < -0.39 is 11.4 Å². The zero-order valence-electron chi connectivity index (χ0n) is 14.4. The molecule has 4 heteroatoms. The van der Waals surface area contributed by atoms with Crippen LogP contribution in [0.4, 0.5) is 0 Å². The van der Waals surface area contributed by atoms with Crippen LogP contribution in [0.3, 0.4) is 0 Å². The molecule has 1 N–H and O–H groups in total. The molecule has 2 aromatic rings. The minimum atomic E-state index is -0.810. The highest BCUT2D eigenvalue weighted by Gasteiger charge is 2.36. The highest BCUT2D eigenvalue weighted by molar-refractivity contribution is 5.70. The van der Waals surface area contributed by atoms with Crippen molar-refractivity contribution in [3.8, 4) is 11.5 Å². The van der Waals surface area contributed by atoms with Crippen LogP contribution >= 0.6 is 0 Å². The number of aliphatic carboxylic acids is 1. The van der Waals surface area contributed by atoms with E-state index >= 15 is 0 Å². The Morgan fingerprint density at radius 1 is 0.917 bits per heavy atom. The van der Waals surface area contributed by atoms with E-state index in [-0.39, 0.29) is 6.42 Å². The Bertz CT molecular complexity index is 612. The Balaban J connectivity index is 2.57. The summed E-state index contributed by atoms with van der Waals surface area (Å²) in [6, 6.07) is 15.4. The number of hydrogen-bond donors (Lipinski definition) is 1. The molecular formula is C20H24O4. The minimum Gasteiger partial charge on any atom is -0.497 e. The highest BCUT2D eigenvalue weighted by Crippen LogP contribution is 2.41. The SMILES string of the molecule is CCCC(CC(=O)O)(c1ccc(OC)cc1)c1ccc(OC)cc1. The fourth-order valence-corrected chi connectivity index (χ4v) is 3.25. The topological polar surface area (TPSA) is 55.8 Å². The number of carbonyl (C=O) groups is 1. The van der Waals surface area contributed by atoms with Crippen molar-refractivity contribution in [2.45, 2.75) is 31.6 Å². The van der Waals surface area contributed by atoms with Gasteiger partial charge in [0.15, 0.2) is 0 Å². The van der Waals surface area contributed by atoms with Crippen molar-refractivity contribution >= 4 is 5.97 Å². The largest absolute Gasteiger partial charge is 0.497 e. The van der Waals surface area contributed by atoms with Gasteiger partial charge in [0, 0.05) is 5.41 Å². The molecule has 24 heavy (non-hydrogen) atoms. The summed E-state index contributed by atoms with van der Waals surface area (Å²) in [5, 5.41) is 9.55. The normalized spacial score (nSPS) is 11.1. The fraction of sp³-hybridized carbons (Fsp3) is 0.350. The first-order chi connectivity index (χ1) is 11.6. The molecule has 0 atom stereocenters. The second kappa shape index (κ2) is 7.86. The van der Waals surface area contributed by atoms with E-state index in [1.54, 1.807) is 14.2 Å². The van der Waals surface area contributed by atoms with E-state index in [2.05, 4.69) is 6.92 Å². The molecule has 4 nitrogen and oxygen atoms in total. The second-order valence-electron chi connectivity index (χ2n) is 5.86. The lowest BCUT2D eigenvalue weighted by Gasteiger charge is -2.34. The van der Waals surface area contributed by atoms with Gasteiger partial charge < -0.3 is 14.6 Å². The van der Waals surface area contributed by atoms with Gasteiger partial charge in [-0.1, -0.05) is 37.6 Å². The summed E-state index contributed by atoms with van der Waals surface area (Å²) in [7, 11) is 3.24. The number of ether oxygens (including phenoxy) is 2. The number of hydrogen-bond acceptors (Lipinski definition) is 3. The molecule has 0 aliphatic carbocycles.